The molecule has 3 rings (SSSR count). The second-order valence-electron chi connectivity index (χ2n) is 6.01. The zero-order valence-electron chi connectivity index (χ0n) is 12.7. The maximum atomic E-state index is 12.8. The molecule has 112 valence electrons. The van der Waals surface area contributed by atoms with Crippen molar-refractivity contribution in [1.82, 2.24) is 10.3 Å². The van der Waals surface area contributed by atoms with E-state index in [0.717, 1.165) is 29.9 Å². The van der Waals surface area contributed by atoms with Gasteiger partial charge in [-0.3, -0.25) is 19.5 Å². The molecule has 2 amide bonds. The van der Waals surface area contributed by atoms with Crippen molar-refractivity contribution in [2.24, 2.45) is 5.92 Å². The minimum Gasteiger partial charge on any atom is -0.342 e. The fourth-order valence-electron chi connectivity index (χ4n) is 3.07. The van der Waals surface area contributed by atoms with Gasteiger partial charge >= 0.3 is 0 Å². The number of nitrogens with one attached hydrogen (secondary N) is 1. The van der Waals surface area contributed by atoms with Gasteiger partial charge in [0.1, 0.15) is 12.1 Å². The van der Waals surface area contributed by atoms with Gasteiger partial charge in [-0.1, -0.05) is 6.92 Å². The van der Waals surface area contributed by atoms with Crippen LogP contribution < -0.4 is 10.2 Å². The summed E-state index contributed by atoms with van der Waals surface area (Å²) >= 11 is 0. The summed E-state index contributed by atoms with van der Waals surface area (Å²) < 4.78 is 0. The number of anilines is 1. The highest BCUT2D eigenvalue weighted by atomic mass is 16.2. The Labute approximate surface area is 124 Å². The van der Waals surface area contributed by atoms with Gasteiger partial charge in [-0.15, -0.1) is 0 Å². The normalized spacial score (nSPS) is 26.0. The highest BCUT2D eigenvalue weighted by Gasteiger charge is 2.47. The number of aryl methyl sites for hydroxylation is 2. The summed E-state index contributed by atoms with van der Waals surface area (Å²) in [4.78, 5) is 31.3. The topological polar surface area (TPSA) is 62.3 Å². The van der Waals surface area contributed by atoms with Crippen molar-refractivity contribution in [1.29, 1.82) is 0 Å². The van der Waals surface area contributed by atoms with E-state index in [4.69, 9.17) is 0 Å². The van der Waals surface area contributed by atoms with Gasteiger partial charge in [0.05, 0.1) is 11.4 Å². The van der Waals surface area contributed by atoms with Crippen molar-refractivity contribution in [3.05, 3.63) is 23.5 Å². The fourth-order valence-corrected chi connectivity index (χ4v) is 3.07. The number of aromatic nitrogens is 1. The fraction of sp³-hybridized carbons (Fsp3) is 0.562. The quantitative estimate of drug-likeness (QED) is 0.920. The Morgan fingerprint density at radius 1 is 1.29 bits per heavy atom. The Balaban J connectivity index is 2.01. The van der Waals surface area contributed by atoms with E-state index in [2.05, 4.69) is 10.3 Å². The largest absolute Gasteiger partial charge is 0.342 e. The highest BCUT2D eigenvalue weighted by Crippen LogP contribution is 2.37. The van der Waals surface area contributed by atoms with Crippen molar-refractivity contribution in [3.8, 4) is 0 Å². The zero-order chi connectivity index (χ0) is 15.1. The summed E-state index contributed by atoms with van der Waals surface area (Å²) in [6.07, 6.45) is 2.64. The third-order valence-electron chi connectivity index (χ3n) is 4.35. The number of nitrogens with zero attached hydrogens (tertiary/aromatic N) is 2. The maximum absolute atomic E-state index is 12.8. The summed E-state index contributed by atoms with van der Waals surface area (Å²) in [7, 11) is 0. The Hall–Kier alpha value is -1.91. The molecule has 5 nitrogen and oxygen atoms in total. The summed E-state index contributed by atoms with van der Waals surface area (Å²) in [6.45, 7) is 5.74. The number of hydrogen-bond donors (Lipinski definition) is 1. The number of carbonyl (C=O) groups is 2. The molecule has 0 aromatic carbocycles. The molecule has 2 atom stereocenters. The van der Waals surface area contributed by atoms with E-state index in [1.54, 1.807) is 4.90 Å². The predicted molar refractivity (Wildman–Crippen MR) is 79.9 cm³/mol. The molecule has 1 saturated heterocycles. The molecule has 2 unspecified atom stereocenters. The number of pyridine rings is 1. The minimum atomic E-state index is -0.435. The minimum absolute atomic E-state index is 0.0118. The molecule has 1 aliphatic heterocycles. The van der Waals surface area contributed by atoms with E-state index < -0.39 is 6.04 Å². The summed E-state index contributed by atoms with van der Waals surface area (Å²) in [5.74, 6) is 0.271. The lowest BCUT2D eigenvalue weighted by molar-refractivity contribution is -0.134. The molecule has 1 N–H and O–H groups in total. The number of amides is 2. The van der Waals surface area contributed by atoms with Gasteiger partial charge in [0.25, 0.3) is 5.91 Å². The molecule has 0 radical (unpaired) electrons. The second-order valence-corrected chi connectivity index (χ2v) is 6.01. The molecule has 21 heavy (non-hydrogen) atoms. The van der Waals surface area contributed by atoms with E-state index >= 15 is 0 Å². The van der Waals surface area contributed by atoms with Crippen LogP contribution in [0.25, 0.3) is 0 Å². The maximum Gasteiger partial charge on any atom is 0.250 e. The SMILES string of the molecule is CCC1C(=O)NC(C2CC2)C(=O)N1c1ccc(C)nc1C. The number of rotatable bonds is 3. The first kappa shape index (κ1) is 14.0. The molecule has 5 heteroatoms. The van der Waals surface area contributed by atoms with Gasteiger partial charge in [0.2, 0.25) is 5.91 Å². The molecular weight excluding hydrogens is 266 g/mol. The molecule has 1 aliphatic carbocycles. The first-order chi connectivity index (χ1) is 10.0. The van der Waals surface area contributed by atoms with Crippen LogP contribution in [0, 0.1) is 19.8 Å². The monoisotopic (exact) mass is 287 g/mol. The van der Waals surface area contributed by atoms with Gasteiger partial charge in [-0.25, -0.2) is 0 Å². The summed E-state index contributed by atoms with van der Waals surface area (Å²) in [6, 6.07) is 3.00. The van der Waals surface area contributed by atoms with Gasteiger partial charge in [-0.2, -0.15) is 0 Å². The smallest absolute Gasteiger partial charge is 0.250 e. The molecule has 2 fully saturated rings. The molecule has 1 saturated carbocycles. The molecule has 0 spiro atoms. The lowest BCUT2D eigenvalue weighted by atomic mass is 10.0. The molecule has 1 aromatic rings. The van der Waals surface area contributed by atoms with Crippen molar-refractivity contribution in [3.63, 3.8) is 0 Å². The van der Waals surface area contributed by atoms with Crippen LogP contribution in [0.4, 0.5) is 5.69 Å². The standard InChI is InChI=1S/C16H21N3O2/c1-4-12-15(20)18-14(11-6-7-11)16(21)19(12)13-8-5-9(2)17-10(13)3/h5,8,11-12,14H,4,6-7H2,1-3H3,(H,18,20). The average Bonchev–Trinajstić information content (AvgIpc) is 3.26. The molecule has 2 heterocycles. The van der Waals surface area contributed by atoms with Crippen LogP contribution in [0.2, 0.25) is 0 Å². The summed E-state index contributed by atoms with van der Waals surface area (Å²) in [5, 5.41) is 2.91. The molecule has 0 bridgehead atoms. The third kappa shape index (κ3) is 2.41. The lowest BCUT2D eigenvalue weighted by Gasteiger charge is -2.39. The Kier molecular flexibility index (Phi) is 3.43. The van der Waals surface area contributed by atoms with Crippen LogP contribution in [0.1, 0.15) is 37.6 Å². The van der Waals surface area contributed by atoms with Crippen LogP contribution in [-0.4, -0.2) is 28.9 Å². The van der Waals surface area contributed by atoms with E-state index in [9.17, 15) is 9.59 Å². The first-order valence-corrected chi connectivity index (χ1v) is 7.60. The highest BCUT2D eigenvalue weighted by molar-refractivity contribution is 6.08. The van der Waals surface area contributed by atoms with Crippen molar-refractivity contribution < 1.29 is 9.59 Å². The van der Waals surface area contributed by atoms with Crippen molar-refractivity contribution in [2.45, 2.75) is 52.1 Å². The number of hydrogen-bond acceptors (Lipinski definition) is 3. The van der Waals surface area contributed by atoms with Crippen LogP contribution in [0.5, 0.6) is 0 Å². The van der Waals surface area contributed by atoms with Gasteiger partial charge in [0.15, 0.2) is 0 Å². The van der Waals surface area contributed by atoms with E-state index in [0.29, 0.717) is 12.3 Å². The van der Waals surface area contributed by atoms with Crippen LogP contribution in [0.3, 0.4) is 0 Å². The number of carbonyl (C=O) groups excluding carboxylic acids is 2. The van der Waals surface area contributed by atoms with Crippen LogP contribution >= 0.6 is 0 Å². The van der Waals surface area contributed by atoms with Crippen LogP contribution in [0.15, 0.2) is 12.1 Å². The van der Waals surface area contributed by atoms with E-state index in [1.807, 2.05) is 32.9 Å². The third-order valence-corrected chi connectivity index (χ3v) is 4.35. The first-order valence-electron chi connectivity index (χ1n) is 7.60. The van der Waals surface area contributed by atoms with Gasteiger partial charge < -0.3 is 5.32 Å². The molecule has 1 aromatic heterocycles. The zero-order valence-corrected chi connectivity index (χ0v) is 12.7. The number of piperazine rings is 1. The van der Waals surface area contributed by atoms with Gasteiger partial charge in [-0.05, 0) is 51.2 Å². The molecule has 2 aliphatic rings. The van der Waals surface area contributed by atoms with Crippen molar-refractivity contribution in [2.75, 3.05) is 4.90 Å². The Bertz CT molecular complexity index is 595. The van der Waals surface area contributed by atoms with E-state index in [-0.39, 0.29) is 17.9 Å². The Morgan fingerprint density at radius 2 is 2.00 bits per heavy atom. The average molecular weight is 287 g/mol. The van der Waals surface area contributed by atoms with Crippen molar-refractivity contribution >= 4 is 17.5 Å². The lowest BCUT2D eigenvalue weighted by Crippen LogP contribution is -2.64. The Morgan fingerprint density at radius 3 is 2.57 bits per heavy atom. The predicted octanol–water partition coefficient (Wildman–Crippen LogP) is 1.72. The van der Waals surface area contributed by atoms with Crippen LogP contribution in [-0.2, 0) is 9.59 Å². The second kappa shape index (κ2) is 5.13. The molecular formula is C16H21N3O2. The van der Waals surface area contributed by atoms with Gasteiger partial charge in [0, 0.05) is 5.69 Å². The summed E-state index contributed by atoms with van der Waals surface area (Å²) in [5.41, 5.74) is 2.47. The van der Waals surface area contributed by atoms with E-state index in [1.165, 1.54) is 0 Å².